The number of carbonyl (C=O) groups is 1. The Morgan fingerprint density at radius 1 is 1.24 bits per heavy atom. The summed E-state index contributed by atoms with van der Waals surface area (Å²) in [6, 6.07) is 0.509. The second-order valence-electron chi connectivity index (χ2n) is 6.47. The van der Waals surface area contributed by atoms with Gasteiger partial charge in [0.05, 0.1) is 5.56 Å². The van der Waals surface area contributed by atoms with E-state index in [1.807, 2.05) is 4.90 Å². The highest BCUT2D eigenvalue weighted by molar-refractivity contribution is 5.50. The molecule has 138 valence electrons. The molecule has 25 heavy (non-hydrogen) atoms. The van der Waals surface area contributed by atoms with Crippen molar-refractivity contribution in [1.29, 1.82) is 0 Å². The summed E-state index contributed by atoms with van der Waals surface area (Å²) >= 11 is 0. The Bertz CT molecular complexity index is 566. The van der Waals surface area contributed by atoms with Gasteiger partial charge < -0.3 is 15.0 Å². The molecule has 0 bridgehead atoms. The van der Waals surface area contributed by atoms with E-state index >= 15 is 0 Å². The van der Waals surface area contributed by atoms with Crippen LogP contribution < -0.4 is 10.2 Å². The quantitative estimate of drug-likeness (QED) is 0.803. The Kier molecular flexibility index (Phi) is 5.53. The first kappa shape index (κ1) is 18.1. The number of carbonyl (C=O) groups excluding carboxylic acids is 1. The Labute approximate surface area is 144 Å². The van der Waals surface area contributed by atoms with Crippen LogP contribution in [-0.2, 0) is 11.0 Å². The van der Waals surface area contributed by atoms with Crippen LogP contribution in [0.5, 0.6) is 0 Å². The van der Waals surface area contributed by atoms with Gasteiger partial charge in [0.1, 0.15) is 6.29 Å². The monoisotopic (exact) mass is 357 g/mol. The summed E-state index contributed by atoms with van der Waals surface area (Å²) in [5.41, 5.74) is -0.840. The molecule has 2 fully saturated rings. The zero-order valence-corrected chi connectivity index (χ0v) is 13.9. The predicted molar refractivity (Wildman–Crippen MR) is 86.3 cm³/mol. The number of rotatable bonds is 5. The molecule has 1 N–H and O–H groups in total. The van der Waals surface area contributed by atoms with E-state index in [2.05, 4.69) is 20.2 Å². The third kappa shape index (κ3) is 4.27. The van der Waals surface area contributed by atoms with Crippen molar-refractivity contribution in [2.45, 2.75) is 37.5 Å². The van der Waals surface area contributed by atoms with Gasteiger partial charge >= 0.3 is 6.18 Å². The number of alkyl halides is 3. The number of hydrogen-bond donors (Lipinski definition) is 1. The number of aromatic nitrogens is 2. The molecule has 2 aliphatic rings. The molecule has 2 aliphatic heterocycles. The van der Waals surface area contributed by atoms with Crippen molar-refractivity contribution in [2.24, 2.45) is 0 Å². The van der Waals surface area contributed by atoms with Crippen LogP contribution in [0, 0.1) is 0 Å². The number of anilines is 1. The van der Waals surface area contributed by atoms with Gasteiger partial charge in [0.2, 0.25) is 5.95 Å². The first-order valence-electron chi connectivity index (χ1n) is 8.54. The van der Waals surface area contributed by atoms with Crippen molar-refractivity contribution in [3.8, 4) is 0 Å². The third-order valence-electron chi connectivity index (χ3n) is 4.93. The van der Waals surface area contributed by atoms with E-state index in [9.17, 15) is 18.0 Å². The third-order valence-corrected chi connectivity index (χ3v) is 4.93. The maximum Gasteiger partial charge on any atom is 0.419 e. The number of halogens is 3. The van der Waals surface area contributed by atoms with Gasteiger partial charge in [0, 0.05) is 57.1 Å². The van der Waals surface area contributed by atoms with Crippen LogP contribution in [0.1, 0.15) is 24.8 Å². The minimum absolute atomic E-state index is 0.177. The van der Waals surface area contributed by atoms with E-state index in [1.165, 1.54) is 0 Å². The van der Waals surface area contributed by atoms with Crippen LogP contribution >= 0.6 is 0 Å². The molecule has 2 saturated heterocycles. The summed E-state index contributed by atoms with van der Waals surface area (Å²) in [5.74, 6) is 0.318. The lowest BCUT2D eigenvalue weighted by Gasteiger charge is -2.41. The van der Waals surface area contributed by atoms with Gasteiger partial charge in [0.25, 0.3) is 0 Å². The summed E-state index contributed by atoms with van der Waals surface area (Å²) in [6.45, 7) is 3.72. The standard InChI is InChI=1S/C16H22F3N5O/c17-16(18,19)12-10-21-15(22-11-12)24-7-5-23(6-8-24)14(3-9-25)13-2-1-4-20-13/h9-11,13-14,20H,1-8H2/t13?,14-/m0/s1. The molecule has 0 aliphatic carbocycles. The minimum Gasteiger partial charge on any atom is -0.338 e. The highest BCUT2D eigenvalue weighted by Gasteiger charge is 2.33. The largest absolute Gasteiger partial charge is 0.419 e. The number of aldehydes is 1. The second kappa shape index (κ2) is 7.65. The Balaban J connectivity index is 1.59. The Hall–Kier alpha value is -1.74. The van der Waals surface area contributed by atoms with E-state index in [0.29, 0.717) is 31.5 Å². The molecule has 0 saturated carbocycles. The first-order chi connectivity index (χ1) is 12.0. The first-order valence-corrected chi connectivity index (χ1v) is 8.54. The molecule has 0 aromatic carbocycles. The van der Waals surface area contributed by atoms with E-state index in [1.54, 1.807) is 0 Å². The smallest absolute Gasteiger partial charge is 0.338 e. The predicted octanol–water partition coefficient (Wildman–Crippen LogP) is 1.33. The van der Waals surface area contributed by atoms with Crippen LogP contribution in [-0.4, -0.2) is 66.0 Å². The highest BCUT2D eigenvalue weighted by atomic mass is 19.4. The van der Waals surface area contributed by atoms with Crippen molar-refractivity contribution in [3.63, 3.8) is 0 Å². The molecule has 3 heterocycles. The molecular formula is C16H22F3N5O. The highest BCUT2D eigenvalue weighted by Crippen LogP contribution is 2.28. The molecule has 6 nitrogen and oxygen atoms in total. The number of nitrogens with one attached hydrogen (secondary N) is 1. The van der Waals surface area contributed by atoms with Gasteiger partial charge in [-0.2, -0.15) is 13.2 Å². The maximum absolute atomic E-state index is 12.6. The topological polar surface area (TPSA) is 61.4 Å². The van der Waals surface area contributed by atoms with E-state index < -0.39 is 11.7 Å². The van der Waals surface area contributed by atoms with Crippen LogP contribution in [0.15, 0.2) is 12.4 Å². The van der Waals surface area contributed by atoms with Gasteiger partial charge in [-0.1, -0.05) is 0 Å². The maximum atomic E-state index is 12.6. The fourth-order valence-corrected chi connectivity index (χ4v) is 3.59. The average molecular weight is 357 g/mol. The second-order valence-corrected chi connectivity index (χ2v) is 6.47. The lowest BCUT2D eigenvalue weighted by Crippen LogP contribution is -2.55. The van der Waals surface area contributed by atoms with Crippen molar-refractivity contribution < 1.29 is 18.0 Å². The van der Waals surface area contributed by atoms with Crippen molar-refractivity contribution >= 4 is 12.2 Å². The molecule has 1 aromatic rings. The van der Waals surface area contributed by atoms with E-state index in [0.717, 1.165) is 51.2 Å². The van der Waals surface area contributed by atoms with Crippen LogP contribution in [0.3, 0.4) is 0 Å². The molecule has 1 unspecified atom stereocenters. The molecule has 0 amide bonds. The summed E-state index contributed by atoms with van der Waals surface area (Å²) in [6.07, 6.45) is 0.886. The Morgan fingerprint density at radius 2 is 1.92 bits per heavy atom. The lowest BCUT2D eigenvalue weighted by molar-refractivity contribution is -0.138. The van der Waals surface area contributed by atoms with Gasteiger partial charge in [-0.25, -0.2) is 9.97 Å². The summed E-state index contributed by atoms with van der Waals surface area (Å²) in [5, 5.41) is 3.46. The van der Waals surface area contributed by atoms with Gasteiger partial charge in [-0.05, 0) is 19.4 Å². The Morgan fingerprint density at radius 3 is 2.44 bits per heavy atom. The van der Waals surface area contributed by atoms with Gasteiger partial charge in [-0.3, -0.25) is 4.90 Å². The molecule has 3 rings (SSSR count). The normalized spacial score (nSPS) is 23.6. The van der Waals surface area contributed by atoms with Crippen LogP contribution in [0.2, 0.25) is 0 Å². The van der Waals surface area contributed by atoms with Crippen LogP contribution in [0.4, 0.5) is 19.1 Å². The SMILES string of the molecule is O=CC[C@@H](C1CCCN1)N1CCN(c2ncc(C(F)(F)F)cn2)CC1. The fraction of sp³-hybridized carbons (Fsp3) is 0.688. The molecule has 2 atom stereocenters. The summed E-state index contributed by atoms with van der Waals surface area (Å²) in [7, 11) is 0. The molecule has 9 heteroatoms. The van der Waals surface area contributed by atoms with Crippen molar-refractivity contribution in [1.82, 2.24) is 20.2 Å². The summed E-state index contributed by atoms with van der Waals surface area (Å²) in [4.78, 5) is 22.9. The van der Waals surface area contributed by atoms with Gasteiger partial charge in [-0.15, -0.1) is 0 Å². The molecule has 0 spiro atoms. The van der Waals surface area contributed by atoms with Crippen molar-refractivity contribution in [2.75, 3.05) is 37.6 Å². The molecular weight excluding hydrogens is 335 g/mol. The summed E-state index contributed by atoms with van der Waals surface area (Å²) < 4.78 is 37.8. The number of nitrogens with zero attached hydrogens (tertiary/aromatic N) is 4. The molecule has 1 aromatic heterocycles. The molecule has 0 radical (unpaired) electrons. The average Bonchev–Trinajstić information content (AvgIpc) is 3.13. The zero-order valence-electron chi connectivity index (χ0n) is 13.9. The number of piperazine rings is 1. The zero-order chi connectivity index (χ0) is 17.9. The minimum atomic E-state index is -4.42. The van der Waals surface area contributed by atoms with E-state index in [4.69, 9.17) is 0 Å². The van der Waals surface area contributed by atoms with E-state index in [-0.39, 0.29) is 6.04 Å². The number of hydrogen-bond acceptors (Lipinski definition) is 6. The van der Waals surface area contributed by atoms with Gasteiger partial charge in [0.15, 0.2) is 0 Å². The fourth-order valence-electron chi connectivity index (χ4n) is 3.59. The van der Waals surface area contributed by atoms with Crippen molar-refractivity contribution in [3.05, 3.63) is 18.0 Å². The lowest BCUT2D eigenvalue weighted by atomic mass is 10.0. The van der Waals surface area contributed by atoms with Crippen LogP contribution in [0.25, 0.3) is 0 Å².